The number of allylic oxidation sites excluding steroid dienone is 4. The van der Waals surface area contributed by atoms with Crippen molar-refractivity contribution in [1.82, 2.24) is 9.97 Å². The van der Waals surface area contributed by atoms with Crippen LogP contribution in [-0.2, 0) is 17.6 Å². The summed E-state index contributed by atoms with van der Waals surface area (Å²) < 4.78 is 12.2. The summed E-state index contributed by atoms with van der Waals surface area (Å²) in [7, 11) is 0. The molecule has 0 bridgehead atoms. The molecule has 8 heteroatoms. The quantitative estimate of drug-likeness (QED) is 0.389. The predicted octanol–water partition coefficient (Wildman–Crippen LogP) is 2.06. The summed E-state index contributed by atoms with van der Waals surface area (Å²) in [5, 5.41) is 11.6. The normalized spacial score (nSPS) is 14.4. The average molecular weight is 534 g/mol. The summed E-state index contributed by atoms with van der Waals surface area (Å²) in [6, 6.07) is 9.93. The zero-order chi connectivity index (χ0) is 26.7. The van der Waals surface area contributed by atoms with Gasteiger partial charge in [-0.3, -0.25) is 0 Å². The van der Waals surface area contributed by atoms with E-state index in [2.05, 4.69) is 22.0 Å². The smallest absolute Gasteiger partial charge is 0.550 e. The molecule has 0 N–H and O–H groups in total. The number of aromatic nitrogens is 2. The van der Waals surface area contributed by atoms with Gasteiger partial charge in [0.2, 0.25) is 5.89 Å². The van der Waals surface area contributed by atoms with Crippen molar-refractivity contribution < 1.29 is 48.6 Å². The Labute approximate surface area is 251 Å². The molecule has 0 fully saturated rings. The standard InChI is InChI=1S/C31H33N3O4.Na/c1-21-26(33-29(38-21)23-13-14-28(32-20-23)34-16-5-4-6-17-34)15-18-37-27-12-8-10-24-22(9-7-11-25(24)27)19-31(2,3)30(35)36;/h4-6,8-10,12-14,16,20H,7,11,15,17-19H2,1-3H3,(H,35,36);/q;+1/p-1. The second-order valence-electron chi connectivity index (χ2n) is 10.3. The third-order valence-electron chi connectivity index (χ3n) is 7.04. The van der Waals surface area contributed by atoms with Crippen LogP contribution in [0.1, 0.15) is 49.3 Å². The Hall–Kier alpha value is -3.13. The first-order valence-electron chi connectivity index (χ1n) is 13.0. The van der Waals surface area contributed by atoms with Gasteiger partial charge in [-0.1, -0.05) is 44.2 Å². The number of fused-ring (bicyclic) bond motifs is 1. The number of carbonyl (C=O) groups is 1. The fourth-order valence-corrected chi connectivity index (χ4v) is 4.84. The molecule has 2 aliphatic rings. The van der Waals surface area contributed by atoms with Crippen molar-refractivity contribution >= 4 is 17.4 Å². The molecule has 5 rings (SSSR count). The molecule has 1 aromatic carbocycles. The second kappa shape index (κ2) is 12.4. The number of carboxylic acid groups (broad SMARTS) is 1. The van der Waals surface area contributed by atoms with Gasteiger partial charge in [0.05, 0.1) is 17.9 Å². The minimum Gasteiger partial charge on any atom is -0.550 e. The molecule has 0 atom stereocenters. The number of hydrogen-bond acceptors (Lipinski definition) is 7. The van der Waals surface area contributed by atoms with Gasteiger partial charge in [0.15, 0.2) is 0 Å². The van der Waals surface area contributed by atoms with Crippen molar-refractivity contribution in [2.45, 2.75) is 46.5 Å². The Morgan fingerprint density at radius 3 is 2.77 bits per heavy atom. The van der Waals surface area contributed by atoms with Crippen molar-refractivity contribution in [3.05, 3.63) is 89.6 Å². The predicted molar refractivity (Wildman–Crippen MR) is 145 cm³/mol. The molecule has 0 radical (unpaired) electrons. The molecule has 196 valence electrons. The third-order valence-corrected chi connectivity index (χ3v) is 7.04. The van der Waals surface area contributed by atoms with E-state index in [0.717, 1.165) is 64.7 Å². The molecular weight excluding hydrogens is 501 g/mol. The number of oxazole rings is 1. The maximum Gasteiger partial charge on any atom is 1.00 e. The molecular formula is C31H32N3NaO4. The second-order valence-corrected chi connectivity index (χ2v) is 10.3. The Morgan fingerprint density at radius 1 is 1.21 bits per heavy atom. The third kappa shape index (κ3) is 6.55. The van der Waals surface area contributed by atoms with Crippen LogP contribution in [0.3, 0.4) is 0 Å². The molecule has 0 saturated heterocycles. The van der Waals surface area contributed by atoms with Crippen LogP contribution < -0.4 is 44.3 Å². The Balaban J connectivity index is 0.00000353. The van der Waals surface area contributed by atoms with Gasteiger partial charge in [-0.2, -0.15) is 0 Å². The van der Waals surface area contributed by atoms with Gasteiger partial charge in [0.25, 0.3) is 0 Å². The minimum absolute atomic E-state index is 0. The number of hydrogen-bond donors (Lipinski definition) is 0. The van der Waals surface area contributed by atoms with E-state index in [1.54, 1.807) is 20.0 Å². The monoisotopic (exact) mass is 533 g/mol. The molecule has 7 nitrogen and oxygen atoms in total. The molecule has 0 amide bonds. The average Bonchev–Trinajstić information content (AvgIpc) is 3.29. The first-order chi connectivity index (χ1) is 18.3. The molecule has 0 unspecified atom stereocenters. The van der Waals surface area contributed by atoms with Crippen molar-refractivity contribution in [3.8, 4) is 17.2 Å². The van der Waals surface area contributed by atoms with E-state index >= 15 is 0 Å². The zero-order valence-electron chi connectivity index (χ0n) is 23.1. The zero-order valence-corrected chi connectivity index (χ0v) is 25.1. The van der Waals surface area contributed by atoms with Gasteiger partial charge in [-0.05, 0) is 61.6 Å². The molecule has 0 spiro atoms. The van der Waals surface area contributed by atoms with E-state index in [1.807, 2.05) is 55.6 Å². The van der Waals surface area contributed by atoms with E-state index in [4.69, 9.17) is 14.1 Å². The number of carboxylic acids is 1. The number of carbonyl (C=O) groups excluding carboxylic acids is 1. The topological polar surface area (TPSA) is 91.5 Å². The Morgan fingerprint density at radius 2 is 2.05 bits per heavy atom. The summed E-state index contributed by atoms with van der Waals surface area (Å²) >= 11 is 0. The van der Waals surface area contributed by atoms with Crippen LogP contribution in [0.15, 0.2) is 71.4 Å². The number of aryl methyl sites for hydroxylation is 1. The summed E-state index contributed by atoms with van der Waals surface area (Å²) in [6.07, 6.45) is 14.8. The number of anilines is 1. The summed E-state index contributed by atoms with van der Waals surface area (Å²) in [5.41, 5.74) is 3.98. The van der Waals surface area contributed by atoms with E-state index in [9.17, 15) is 9.90 Å². The van der Waals surface area contributed by atoms with Crippen LogP contribution >= 0.6 is 0 Å². The SMILES string of the molecule is Cc1oc(-c2ccc(N3C=CC=CC3)nc2)nc1CCOc1cccc2c1CCC=C2CC(C)(C)C(=O)[O-].[Na+]. The maximum absolute atomic E-state index is 11.6. The molecule has 1 aliphatic heterocycles. The molecule has 3 heterocycles. The number of benzene rings is 1. The maximum atomic E-state index is 11.6. The minimum atomic E-state index is -1.04. The molecule has 3 aromatic rings. The molecule has 0 saturated carbocycles. The Bertz CT molecular complexity index is 1420. The first-order valence-corrected chi connectivity index (χ1v) is 13.0. The number of aliphatic carboxylic acids is 1. The van der Waals surface area contributed by atoms with Gasteiger partial charge in [-0.15, -0.1) is 0 Å². The summed E-state index contributed by atoms with van der Waals surface area (Å²) in [4.78, 5) is 22.9. The van der Waals surface area contributed by atoms with E-state index in [1.165, 1.54) is 0 Å². The fourth-order valence-electron chi connectivity index (χ4n) is 4.84. The fraction of sp³-hybridized carbons (Fsp3) is 0.323. The summed E-state index contributed by atoms with van der Waals surface area (Å²) in [5.74, 6) is 1.99. The number of pyridine rings is 1. The summed E-state index contributed by atoms with van der Waals surface area (Å²) in [6.45, 7) is 6.59. The molecule has 1 aliphatic carbocycles. The van der Waals surface area contributed by atoms with Gasteiger partial charge >= 0.3 is 29.6 Å². The molecule has 2 aromatic heterocycles. The number of rotatable bonds is 9. The van der Waals surface area contributed by atoms with Crippen LogP contribution in [-0.4, -0.2) is 29.1 Å². The van der Waals surface area contributed by atoms with Crippen molar-refractivity contribution in [2.75, 3.05) is 18.1 Å². The van der Waals surface area contributed by atoms with E-state index in [-0.39, 0.29) is 29.6 Å². The largest absolute Gasteiger partial charge is 1.00 e. The van der Waals surface area contributed by atoms with Crippen LogP contribution in [0.2, 0.25) is 0 Å². The van der Waals surface area contributed by atoms with Crippen molar-refractivity contribution in [1.29, 1.82) is 0 Å². The van der Waals surface area contributed by atoms with Gasteiger partial charge < -0.3 is 24.0 Å². The van der Waals surface area contributed by atoms with Crippen molar-refractivity contribution in [3.63, 3.8) is 0 Å². The van der Waals surface area contributed by atoms with Crippen LogP contribution in [0.4, 0.5) is 5.82 Å². The van der Waals surface area contributed by atoms with E-state index < -0.39 is 11.4 Å². The first kappa shape index (κ1) is 28.9. The van der Waals surface area contributed by atoms with Crippen molar-refractivity contribution in [2.24, 2.45) is 5.41 Å². The number of ether oxygens (including phenoxy) is 1. The Kier molecular flexibility index (Phi) is 9.15. The number of nitrogens with zero attached hydrogens (tertiary/aromatic N) is 3. The van der Waals surface area contributed by atoms with Crippen LogP contribution in [0.5, 0.6) is 5.75 Å². The van der Waals surface area contributed by atoms with Crippen LogP contribution in [0, 0.1) is 12.3 Å². The van der Waals surface area contributed by atoms with Crippen LogP contribution in [0.25, 0.3) is 17.0 Å². The van der Waals surface area contributed by atoms with Gasteiger partial charge in [0.1, 0.15) is 17.3 Å². The van der Waals surface area contributed by atoms with E-state index in [0.29, 0.717) is 25.3 Å². The molecule has 39 heavy (non-hydrogen) atoms. The van der Waals surface area contributed by atoms with Gasteiger partial charge in [-0.25, -0.2) is 9.97 Å². The van der Waals surface area contributed by atoms with Gasteiger partial charge in [0, 0.05) is 42.3 Å².